The predicted octanol–water partition coefficient (Wildman–Crippen LogP) is 4.63. The van der Waals surface area contributed by atoms with Crippen molar-refractivity contribution in [1.29, 1.82) is 5.26 Å². The molecule has 0 spiro atoms. The van der Waals surface area contributed by atoms with Gasteiger partial charge in [0.2, 0.25) is 0 Å². The van der Waals surface area contributed by atoms with Gasteiger partial charge in [-0.25, -0.2) is 0 Å². The van der Waals surface area contributed by atoms with Gasteiger partial charge < -0.3 is 14.8 Å². The molecule has 3 rings (SSSR count). The summed E-state index contributed by atoms with van der Waals surface area (Å²) in [5.41, 5.74) is 1.66. The molecule has 5 heteroatoms. The van der Waals surface area contributed by atoms with E-state index in [0.717, 1.165) is 30.2 Å². The van der Waals surface area contributed by atoms with Crippen LogP contribution in [0.3, 0.4) is 0 Å². The number of hydrogen-bond donors (Lipinski definition) is 1. The quantitative estimate of drug-likeness (QED) is 0.603. The summed E-state index contributed by atoms with van der Waals surface area (Å²) in [6.07, 6.45) is 4.26. The molecule has 0 amide bonds. The maximum Gasteiger partial charge on any atom is 0.145 e. The van der Waals surface area contributed by atoms with E-state index >= 15 is 0 Å². The van der Waals surface area contributed by atoms with E-state index in [0.29, 0.717) is 17.9 Å². The zero-order valence-electron chi connectivity index (χ0n) is 14.3. The fourth-order valence-corrected chi connectivity index (χ4v) is 2.30. The van der Waals surface area contributed by atoms with E-state index in [4.69, 9.17) is 14.7 Å². The highest BCUT2D eigenvalue weighted by Gasteiger charge is 1.99. The largest absolute Gasteiger partial charge is 0.494 e. The molecule has 1 aromatic heterocycles. The Morgan fingerprint density at radius 1 is 0.923 bits per heavy atom. The van der Waals surface area contributed by atoms with Gasteiger partial charge in [-0.15, -0.1) is 0 Å². The first-order chi connectivity index (χ1) is 12.8. The lowest BCUT2D eigenvalue weighted by Crippen LogP contribution is -2.07. The maximum atomic E-state index is 8.76. The van der Waals surface area contributed by atoms with Crippen molar-refractivity contribution in [2.75, 3.05) is 18.5 Å². The van der Waals surface area contributed by atoms with Gasteiger partial charge in [0.25, 0.3) is 0 Å². The van der Waals surface area contributed by atoms with E-state index in [-0.39, 0.29) is 0 Å². The van der Waals surface area contributed by atoms with E-state index in [2.05, 4.69) is 16.4 Å². The molecule has 0 atom stereocenters. The number of nitrogens with one attached hydrogen (secondary N) is 1. The summed E-state index contributed by atoms with van der Waals surface area (Å²) in [4.78, 5) is 4.02. The minimum Gasteiger partial charge on any atom is -0.494 e. The van der Waals surface area contributed by atoms with Crippen LogP contribution in [-0.4, -0.2) is 18.1 Å². The molecule has 0 aliphatic rings. The van der Waals surface area contributed by atoms with E-state index in [1.54, 1.807) is 24.5 Å². The summed E-state index contributed by atoms with van der Waals surface area (Å²) < 4.78 is 11.4. The summed E-state index contributed by atoms with van der Waals surface area (Å²) in [7, 11) is 0. The molecule has 0 fully saturated rings. The minimum atomic E-state index is 0.612. The second-order valence-electron chi connectivity index (χ2n) is 5.58. The van der Waals surface area contributed by atoms with Crippen molar-refractivity contribution >= 4 is 5.69 Å². The number of aromatic nitrogens is 1. The number of benzene rings is 2. The lowest BCUT2D eigenvalue weighted by Gasteiger charge is -2.09. The number of nitriles is 1. The van der Waals surface area contributed by atoms with Gasteiger partial charge in [-0.3, -0.25) is 4.98 Å². The van der Waals surface area contributed by atoms with Crippen LogP contribution in [0.4, 0.5) is 5.69 Å². The van der Waals surface area contributed by atoms with Gasteiger partial charge in [0.1, 0.15) is 17.2 Å². The second-order valence-corrected chi connectivity index (χ2v) is 5.58. The third-order valence-electron chi connectivity index (χ3n) is 3.63. The zero-order chi connectivity index (χ0) is 18.0. The van der Waals surface area contributed by atoms with Crippen molar-refractivity contribution in [3.8, 4) is 23.3 Å². The number of ether oxygens (including phenoxy) is 2. The van der Waals surface area contributed by atoms with Crippen molar-refractivity contribution in [3.05, 3.63) is 78.6 Å². The number of nitrogens with zero attached hydrogens (tertiary/aromatic N) is 2. The lowest BCUT2D eigenvalue weighted by atomic mass is 10.2. The standard InChI is InChI=1S/C21H19N3O2/c22-15-17-4-8-19(9-5-17)25-14-2-13-24-18-6-10-20(11-7-18)26-21-3-1-12-23-16-21/h1,3-12,16,24H,2,13-14H2. The van der Waals surface area contributed by atoms with E-state index in [1.165, 1.54) is 0 Å². The highest BCUT2D eigenvalue weighted by Crippen LogP contribution is 2.22. The third kappa shape index (κ3) is 5.25. The van der Waals surface area contributed by atoms with Gasteiger partial charge in [-0.05, 0) is 67.1 Å². The molecule has 2 aromatic carbocycles. The van der Waals surface area contributed by atoms with Crippen LogP contribution in [0, 0.1) is 11.3 Å². The van der Waals surface area contributed by atoms with Gasteiger partial charge >= 0.3 is 0 Å². The van der Waals surface area contributed by atoms with E-state index < -0.39 is 0 Å². The maximum absolute atomic E-state index is 8.76. The van der Waals surface area contributed by atoms with Crippen molar-refractivity contribution in [3.63, 3.8) is 0 Å². The highest BCUT2D eigenvalue weighted by atomic mass is 16.5. The number of rotatable bonds is 8. The highest BCUT2D eigenvalue weighted by molar-refractivity contribution is 5.47. The molecule has 0 saturated carbocycles. The summed E-state index contributed by atoms with van der Waals surface area (Å²) in [5.74, 6) is 2.27. The monoisotopic (exact) mass is 345 g/mol. The summed E-state index contributed by atoms with van der Waals surface area (Å²) in [6, 6.07) is 20.7. The van der Waals surface area contributed by atoms with Crippen LogP contribution < -0.4 is 14.8 Å². The van der Waals surface area contributed by atoms with Crippen LogP contribution in [0.15, 0.2) is 73.1 Å². The molecule has 1 heterocycles. The SMILES string of the molecule is N#Cc1ccc(OCCCNc2ccc(Oc3cccnc3)cc2)cc1. The van der Waals surface area contributed by atoms with Crippen LogP contribution in [-0.2, 0) is 0 Å². The van der Waals surface area contributed by atoms with Gasteiger partial charge in [0, 0.05) is 18.4 Å². The molecule has 5 nitrogen and oxygen atoms in total. The molecule has 0 bridgehead atoms. The number of anilines is 1. The zero-order valence-corrected chi connectivity index (χ0v) is 14.3. The second kappa shape index (κ2) is 9.09. The van der Waals surface area contributed by atoms with Gasteiger partial charge in [0.05, 0.1) is 24.4 Å². The molecular weight excluding hydrogens is 326 g/mol. The van der Waals surface area contributed by atoms with Crippen LogP contribution in [0.25, 0.3) is 0 Å². The number of pyridine rings is 1. The van der Waals surface area contributed by atoms with Crippen molar-refractivity contribution < 1.29 is 9.47 Å². The van der Waals surface area contributed by atoms with Crippen LogP contribution in [0.1, 0.15) is 12.0 Å². The Hall–Kier alpha value is -3.52. The molecule has 0 unspecified atom stereocenters. The average molecular weight is 345 g/mol. The Bertz CT molecular complexity index is 841. The van der Waals surface area contributed by atoms with E-state index in [1.807, 2.05) is 48.5 Å². The number of hydrogen-bond acceptors (Lipinski definition) is 5. The van der Waals surface area contributed by atoms with Crippen molar-refractivity contribution in [2.45, 2.75) is 6.42 Å². The molecule has 3 aromatic rings. The van der Waals surface area contributed by atoms with Crippen molar-refractivity contribution in [1.82, 2.24) is 4.98 Å². The normalized spacial score (nSPS) is 9.96. The Morgan fingerprint density at radius 2 is 1.69 bits per heavy atom. The first kappa shape index (κ1) is 17.3. The molecular formula is C21H19N3O2. The Labute approximate surface area is 152 Å². The van der Waals surface area contributed by atoms with Gasteiger partial charge in [-0.1, -0.05) is 0 Å². The molecule has 0 radical (unpaired) electrons. The fraction of sp³-hybridized carbons (Fsp3) is 0.143. The lowest BCUT2D eigenvalue weighted by molar-refractivity contribution is 0.315. The summed E-state index contributed by atoms with van der Waals surface area (Å²) >= 11 is 0. The summed E-state index contributed by atoms with van der Waals surface area (Å²) in [6.45, 7) is 1.42. The molecule has 0 aliphatic heterocycles. The average Bonchev–Trinajstić information content (AvgIpc) is 2.70. The van der Waals surface area contributed by atoms with Crippen LogP contribution >= 0.6 is 0 Å². The Balaban J connectivity index is 1.37. The predicted molar refractivity (Wildman–Crippen MR) is 101 cm³/mol. The Morgan fingerprint density at radius 3 is 2.38 bits per heavy atom. The topological polar surface area (TPSA) is 67.2 Å². The minimum absolute atomic E-state index is 0.612. The molecule has 0 aliphatic carbocycles. The van der Waals surface area contributed by atoms with Gasteiger partial charge in [-0.2, -0.15) is 5.26 Å². The van der Waals surface area contributed by atoms with Crippen LogP contribution in [0.5, 0.6) is 17.2 Å². The van der Waals surface area contributed by atoms with Crippen LogP contribution in [0.2, 0.25) is 0 Å². The first-order valence-corrected chi connectivity index (χ1v) is 8.38. The first-order valence-electron chi connectivity index (χ1n) is 8.38. The van der Waals surface area contributed by atoms with E-state index in [9.17, 15) is 0 Å². The van der Waals surface area contributed by atoms with Crippen molar-refractivity contribution in [2.24, 2.45) is 0 Å². The Kier molecular flexibility index (Phi) is 6.05. The summed E-state index contributed by atoms with van der Waals surface area (Å²) in [5, 5.41) is 12.1. The third-order valence-corrected chi connectivity index (χ3v) is 3.63. The molecule has 26 heavy (non-hydrogen) atoms. The molecule has 1 N–H and O–H groups in total. The van der Waals surface area contributed by atoms with Gasteiger partial charge in [0.15, 0.2) is 0 Å². The fourth-order valence-electron chi connectivity index (χ4n) is 2.30. The molecule has 130 valence electrons. The molecule has 0 saturated heterocycles. The smallest absolute Gasteiger partial charge is 0.145 e.